The third-order valence-electron chi connectivity index (χ3n) is 5.50. The third kappa shape index (κ3) is 2.93. The van der Waals surface area contributed by atoms with Crippen molar-refractivity contribution >= 4 is 28.6 Å². The van der Waals surface area contributed by atoms with Gasteiger partial charge in [0.1, 0.15) is 3.42 Å². The Morgan fingerprint density at radius 2 is 1.92 bits per heavy atom. The fraction of sp³-hybridized carbons (Fsp3) is 0.933. The van der Waals surface area contributed by atoms with Gasteiger partial charge in [0.15, 0.2) is 0 Å². The molecule has 0 heterocycles. The minimum absolute atomic E-state index is 0.0763. The van der Waals surface area contributed by atoms with Gasteiger partial charge in [-0.15, -0.1) is 0 Å². The molecule has 0 amide bonds. The number of fused-ring (bicyclic) bond motifs is 2. The van der Waals surface area contributed by atoms with E-state index in [4.69, 9.17) is 4.74 Å². The van der Waals surface area contributed by atoms with Gasteiger partial charge in [-0.05, 0) is 38.5 Å². The van der Waals surface area contributed by atoms with Crippen LogP contribution in [0.3, 0.4) is 0 Å². The predicted molar refractivity (Wildman–Crippen MR) is 83.9 cm³/mol. The fourth-order valence-electron chi connectivity index (χ4n) is 3.80. The minimum atomic E-state index is -5.36. The number of hydrogen-bond acceptors (Lipinski definition) is 3. The summed E-state index contributed by atoms with van der Waals surface area (Å²) in [5.74, 6) is -8.42. The van der Waals surface area contributed by atoms with Crippen LogP contribution in [0.25, 0.3) is 0 Å². The largest absolute Gasteiger partial charge is 0.465 e. The number of carbonyl (C=O) groups excluding carboxylic acids is 1. The van der Waals surface area contributed by atoms with E-state index >= 15 is 0 Å². The highest BCUT2D eigenvalue weighted by molar-refractivity contribution is 14.1. The lowest BCUT2D eigenvalue weighted by Crippen LogP contribution is -2.63. The van der Waals surface area contributed by atoms with Crippen LogP contribution in [0, 0.1) is 17.8 Å². The van der Waals surface area contributed by atoms with Crippen molar-refractivity contribution in [3.63, 3.8) is 0 Å². The maximum Gasteiger partial charge on any atom is 0.423 e. The quantitative estimate of drug-likeness (QED) is 0.285. The lowest BCUT2D eigenvalue weighted by atomic mass is 9.74. The molecule has 2 fully saturated rings. The van der Waals surface area contributed by atoms with Gasteiger partial charge in [0.05, 0.1) is 6.61 Å². The maximum atomic E-state index is 14.2. The molecule has 9 heteroatoms. The molecule has 2 bridgehead atoms. The summed E-state index contributed by atoms with van der Waals surface area (Å²) in [5.41, 5.74) is -3.94. The van der Waals surface area contributed by atoms with Crippen molar-refractivity contribution in [2.45, 2.75) is 60.7 Å². The molecule has 0 aromatic carbocycles. The van der Waals surface area contributed by atoms with Crippen LogP contribution in [-0.2, 0) is 9.53 Å². The zero-order valence-corrected chi connectivity index (χ0v) is 15.5. The summed E-state index contributed by atoms with van der Waals surface area (Å²) in [6.07, 6.45) is -5.24. The average Bonchev–Trinajstić information content (AvgIpc) is 2.96. The molecule has 0 saturated heterocycles. The summed E-state index contributed by atoms with van der Waals surface area (Å²) in [4.78, 5) is 11.8. The van der Waals surface area contributed by atoms with E-state index in [0.717, 1.165) is 0 Å². The third-order valence-corrected chi connectivity index (χ3v) is 6.71. The Kier molecular flexibility index (Phi) is 5.21. The highest BCUT2D eigenvalue weighted by Crippen LogP contribution is 2.66. The van der Waals surface area contributed by atoms with E-state index in [1.165, 1.54) is 0 Å². The molecule has 0 aromatic heterocycles. The van der Waals surface area contributed by atoms with Crippen LogP contribution in [0.15, 0.2) is 0 Å². The SMILES string of the molecule is CCC(C)(I)C(=O)OCCC1CC2CC1C(F)(F)C2(O)C(F)(F)F. The first-order valence-corrected chi connectivity index (χ1v) is 8.90. The zero-order valence-electron chi connectivity index (χ0n) is 13.3. The molecule has 3 nitrogen and oxygen atoms in total. The first-order valence-electron chi connectivity index (χ1n) is 7.82. The monoisotopic (exact) mass is 470 g/mol. The van der Waals surface area contributed by atoms with Gasteiger partial charge in [0.25, 0.3) is 5.92 Å². The number of halogens is 6. The zero-order chi connectivity index (χ0) is 18.6. The molecule has 1 N–H and O–H groups in total. The topological polar surface area (TPSA) is 46.5 Å². The summed E-state index contributed by atoms with van der Waals surface area (Å²) in [7, 11) is 0. The van der Waals surface area contributed by atoms with Gasteiger partial charge in [-0.1, -0.05) is 29.5 Å². The average molecular weight is 470 g/mol. The second-order valence-electron chi connectivity index (χ2n) is 6.90. The smallest absolute Gasteiger partial charge is 0.423 e. The van der Waals surface area contributed by atoms with Crippen molar-refractivity contribution in [2.75, 3.05) is 6.61 Å². The molecule has 2 aliphatic rings. The molecule has 0 aliphatic heterocycles. The Morgan fingerprint density at radius 3 is 2.38 bits per heavy atom. The van der Waals surface area contributed by atoms with Gasteiger partial charge in [-0.25, -0.2) is 8.78 Å². The number of carbonyl (C=O) groups is 1. The van der Waals surface area contributed by atoms with Crippen LogP contribution in [0.5, 0.6) is 0 Å². The van der Waals surface area contributed by atoms with E-state index < -0.39 is 44.8 Å². The molecular formula is C15H20F5IO3. The normalized spacial score (nSPS) is 37.3. The van der Waals surface area contributed by atoms with E-state index in [-0.39, 0.29) is 25.9 Å². The molecule has 0 spiro atoms. The minimum Gasteiger partial charge on any atom is -0.465 e. The van der Waals surface area contributed by atoms with Gasteiger partial charge in [-0.2, -0.15) is 13.2 Å². The van der Waals surface area contributed by atoms with E-state index in [1.807, 2.05) is 29.5 Å². The molecule has 0 aromatic rings. The Balaban J connectivity index is 1.98. The molecule has 140 valence electrons. The van der Waals surface area contributed by atoms with Crippen molar-refractivity contribution in [1.29, 1.82) is 0 Å². The van der Waals surface area contributed by atoms with Crippen LogP contribution >= 0.6 is 22.6 Å². The molecule has 24 heavy (non-hydrogen) atoms. The molecule has 2 aliphatic carbocycles. The number of esters is 1. The van der Waals surface area contributed by atoms with Crippen LogP contribution in [0.1, 0.15) is 39.5 Å². The molecule has 5 atom stereocenters. The van der Waals surface area contributed by atoms with E-state index in [2.05, 4.69) is 0 Å². The van der Waals surface area contributed by atoms with Gasteiger partial charge < -0.3 is 9.84 Å². The van der Waals surface area contributed by atoms with Crippen molar-refractivity contribution in [1.82, 2.24) is 0 Å². The number of ether oxygens (including phenoxy) is 1. The summed E-state index contributed by atoms with van der Waals surface area (Å²) in [6.45, 7) is 3.39. The van der Waals surface area contributed by atoms with E-state index in [1.54, 1.807) is 6.92 Å². The van der Waals surface area contributed by atoms with E-state index in [9.17, 15) is 31.9 Å². The fourth-order valence-corrected chi connectivity index (χ4v) is 3.96. The van der Waals surface area contributed by atoms with Crippen molar-refractivity contribution in [3.8, 4) is 0 Å². The van der Waals surface area contributed by atoms with Crippen molar-refractivity contribution in [3.05, 3.63) is 0 Å². The highest BCUT2D eigenvalue weighted by Gasteiger charge is 2.81. The van der Waals surface area contributed by atoms with E-state index in [0.29, 0.717) is 6.42 Å². The first kappa shape index (κ1) is 20.1. The van der Waals surface area contributed by atoms with Gasteiger partial charge in [0, 0.05) is 11.8 Å². The lowest BCUT2D eigenvalue weighted by Gasteiger charge is -2.42. The number of hydrogen-bond donors (Lipinski definition) is 1. The summed E-state index contributed by atoms with van der Waals surface area (Å²) in [5, 5.41) is 9.65. The van der Waals surface area contributed by atoms with Gasteiger partial charge in [-0.3, -0.25) is 4.79 Å². The number of alkyl halides is 6. The van der Waals surface area contributed by atoms with Gasteiger partial charge in [0.2, 0.25) is 5.60 Å². The standard InChI is InChI=1S/C15H20F5IO3/c1-3-12(2,21)11(22)24-5-4-8-6-9-7-10(8)14(16,17)13(9,23)15(18,19)20/h8-10,23H,3-7H2,1-2H3. The van der Waals surface area contributed by atoms with Crippen molar-refractivity contribution in [2.24, 2.45) is 17.8 Å². The molecule has 2 saturated carbocycles. The Hall–Kier alpha value is -0.190. The first-order chi connectivity index (χ1) is 10.8. The van der Waals surface area contributed by atoms with Crippen LogP contribution < -0.4 is 0 Å². The lowest BCUT2D eigenvalue weighted by molar-refractivity contribution is -0.351. The molecule has 5 unspecified atom stereocenters. The molecule has 0 radical (unpaired) electrons. The number of aliphatic hydroxyl groups is 1. The van der Waals surface area contributed by atoms with Crippen LogP contribution in [0.2, 0.25) is 0 Å². The van der Waals surface area contributed by atoms with Crippen LogP contribution in [0.4, 0.5) is 22.0 Å². The summed E-state index contributed by atoms with van der Waals surface area (Å²) < 4.78 is 71.6. The maximum absolute atomic E-state index is 14.2. The van der Waals surface area contributed by atoms with Crippen LogP contribution in [-0.4, -0.2) is 38.8 Å². The highest BCUT2D eigenvalue weighted by atomic mass is 127. The molecule has 2 rings (SSSR count). The second-order valence-corrected chi connectivity index (χ2v) is 9.28. The molecular weight excluding hydrogens is 450 g/mol. The summed E-state index contributed by atoms with van der Waals surface area (Å²) >= 11 is 1.94. The Morgan fingerprint density at radius 1 is 1.33 bits per heavy atom. The Labute approximate surface area is 150 Å². The summed E-state index contributed by atoms with van der Waals surface area (Å²) in [6, 6.07) is 0. The van der Waals surface area contributed by atoms with Gasteiger partial charge >= 0.3 is 12.1 Å². The number of rotatable bonds is 5. The second kappa shape index (κ2) is 6.21. The Bertz CT molecular complexity index is 508. The predicted octanol–water partition coefficient (Wildman–Crippen LogP) is 4.11. The van der Waals surface area contributed by atoms with Crippen molar-refractivity contribution < 1.29 is 36.6 Å².